The maximum atomic E-state index is 12.2. The first-order valence-electron chi connectivity index (χ1n) is 8.18. The predicted octanol–water partition coefficient (Wildman–Crippen LogP) is 2.94. The van der Waals surface area contributed by atoms with Crippen LogP contribution in [0.2, 0.25) is 5.02 Å². The zero-order valence-corrected chi connectivity index (χ0v) is 15.0. The van der Waals surface area contributed by atoms with Crippen LogP contribution in [-0.2, 0) is 11.2 Å². The molecule has 0 aliphatic heterocycles. The third-order valence-electron chi connectivity index (χ3n) is 3.72. The van der Waals surface area contributed by atoms with Crippen LogP contribution >= 0.6 is 11.6 Å². The van der Waals surface area contributed by atoms with Gasteiger partial charge in [0.2, 0.25) is 5.91 Å². The number of carbonyl (C=O) groups excluding carboxylic acids is 2. The molecule has 26 heavy (non-hydrogen) atoms. The Morgan fingerprint density at radius 2 is 1.92 bits per heavy atom. The van der Waals surface area contributed by atoms with E-state index >= 15 is 0 Å². The van der Waals surface area contributed by atoms with Crippen LogP contribution < -0.4 is 10.6 Å². The van der Waals surface area contributed by atoms with Crippen molar-refractivity contribution in [3.63, 3.8) is 0 Å². The zero-order chi connectivity index (χ0) is 18.5. The van der Waals surface area contributed by atoms with Crippen molar-refractivity contribution in [3.05, 3.63) is 64.5 Å². The number of hydrogen-bond donors (Lipinski definition) is 2. The van der Waals surface area contributed by atoms with E-state index in [1.54, 1.807) is 18.2 Å². The first-order chi connectivity index (χ1) is 12.5. The number of aromatic nitrogens is 1. The monoisotopic (exact) mass is 371 g/mol. The number of halogens is 1. The van der Waals surface area contributed by atoms with Crippen LogP contribution in [0, 0.1) is 0 Å². The number of rotatable bonds is 6. The van der Waals surface area contributed by atoms with Gasteiger partial charge in [-0.1, -0.05) is 23.7 Å². The minimum atomic E-state index is -0.231. The van der Waals surface area contributed by atoms with Gasteiger partial charge in [-0.15, -0.1) is 0 Å². The third kappa shape index (κ3) is 4.61. The molecule has 2 N–H and O–H groups in total. The maximum Gasteiger partial charge on any atom is 0.251 e. The molecule has 1 heterocycles. The van der Waals surface area contributed by atoms with E-state index < -0.39 is 0 Å². The number of amides is 2. The number of nitrogens with zero attached hydrogens (tertiary/aromatic N) is 1. The van der Waals surface area contributed by atoms with E-state index in [4.69, 9.17) is 16.0 Å². The lowest BCUT2D eigenvalue weighted by Crippen LogP contribution is -2.33. The lowest BCUT2D eigenvalue weighted by Gasteiger charge is -2.05. The van der Waals surface area contributed by atoms with Gasteiger partial charge in [-0.25, -0.2) is 4.98 Å². The normalized spacial score (nSPS) is 10.7. The van der Waals surface area contributed by atoms with E-state index in [0.29, 0.717) is 47.1 Å². The Labute approximate surface area is 155 Å². The van der Waals surface area contributed by atoms with Gasteiger partial charge >= 0.3 is 0 Å². The molecule has 7 heteroatoms. The second kappa shape index (κ2) is 8.01. The molecule has 0 aliphatic rings. The molecule has 0 bridgehead atoms. The molecule has 0 saturated heterocycles. The van der Waals surface area contributed by atoms with Crippen LogP contribution in [0.15, 0.2) is 46.9 Å². The number of carbonyl (C=O) groups is 2. The quantitative estimate of drug-likeness (QED) is 0.652. The van der Waals surface area contributed by atoms with Crippen LogP contribution in [0.4, 0.5) is 0 Å². The number of benzene rings is 2. The van der Waals surface area contributed by atoms with E-state index in [0.717, 1.165) is 5.56 Å². The molecular formula is C19H18ClN3O3. The van der Waals surface area contributed by atoms with Gasteiger partial charge < -0.3 is 15.1 Å². The molecule has 1 aromatic heterocycles. The summed E-state index contributed by atoms with van der Waals surface area (Å²) in [5.74, 6) is 0.199. The second-order valence-electron chi connectivity index (χ2n) is 5.84. The summed E-state index contributed by atoms with van der Waals surface area (Å²) >= 11 is 6.00. The standard InChI is InChI=1S/C19H18ClN3O3/c1-12(24)21-7-8-22-19(25)14-5-6-16-17(11-14)26-18(23-16)10-13-3-2-4-15(20)9-13/h2-6,9,11H,7-8,10H2,1H3,(H,21,24)(H,22,25). The Hall–Kier alpha value is -2.86. The van der Waals surface area contributed by atoms with Gasteiger partial charge in [0.05, 0.1) is 0 Å². The summed E-state index contributed by atoms with van der Waals surface area (Å²) in [5, 5.41) is 6.03. The Kier molecular flexibility index (Phi) is 5.53. The van der Waals surface area contributed by atoms with Gasteiger partial charge in [-0.3, -0.25) is 9.59 Å². The zero-order valence-electron chi connectivity index (χ0n) is 14.2. The largest absolute Gasteiger partial charge is 0.440 e. The van der Waals surface area contributed by atoms with Crippen molar-refractivity contribution in [2.45, 2.75) is 13.3 Å². The molecule has 0 spiro atoms. The van der Waals surface area contributed by atoms with Crippen molar-refractivity contribution in [3.8, 4) is 0 Å². The molecule has 0 unspecified atom stereocenters. The number of nitrogens with one attached hydrogen (secondary N) is 2. The Morgan fingerprint density at radius 1 is 1.12 bits per heavy atom. The summed E-state index contributed by atoms with van der Waals surface area (Å²) in [5.41, 5.74) is 2.72. The summed E-state index contributed by atoms with van der Waals surface area (Å²) in [7, 11) is 0. The van der Waals surface area contributed by atoms with Crippen molar-refractivity contribution >= 4 is 34.5 Å². The van der Waals surface area contributed by atoms with Crippen molar-refractivity contribution in [2.24, 2.45) is 0 Å². The van der Waals surface area contributed by atoms with Crippen molar-refractivity contribution in [1.29, 1.82) is 0 Å². The molecule has 3 aromatic rings. The molecule has 2 amide bonds. The van der Waals surface area contributed by atoms with Crippen LogP contribution in [-0.4, -0.2) is 29.9 Å². The smallest absolute Gasteiger partial charge is 0.251 e. The molecule has 0 radical (unpaired) electrons. The molecule has 0 aliphatic carbocycles. The van der Waals surface area contributed by atoms with Gasteiger partial charge in [0, 0.05) is 37.0 Å². The summed E-state index contributed by atoms with van der Waals surface area (Å²) in [6.07, 6.45) is 0.521. The highest BCUT2D eigenvalue weighted by atomic mass is 35.5. The average molecular weight is 372 g/mol. The minimum Gasteiger partial charge on any atom is -0.440 e. The fourth-order valence-corrected chi connectivity index (χ4v) is 2.74. The lowest BCUT2D eigenvalue weighted by atomic mass is 10.1. The highest BCUT2D eigenvalue weighted by molar-refractivity contribution is 6.30. The highest BCUT2D eigenvalue weighted by Gasteiger charge is 2.11. The lowest BCUT2D eigenvalue weighted by molar-refractivity contribution is -0.118. The van der Waals surface area contributed by atoms with Crippen LogP contribution in [0.3, 0.4) is 0 Å². The first kappa shape index (κ1) is 17.9. The van der Waals surface area contributed by atoms with E-state index in [1.807, 2.05) is 24.3 Å². The fraction of sp³-hybridized carbons (Fsp3) is 0.211. The maximum absolute atomic E-state index is 12.2. The summed E-state index contributed by atoms with van der Waals surface area (Å²) in [4.78, 5) is 27.4. The molecule has 6 nitrogen and oxygen atoms in total. The van der Waals surface area contributed by atoms with Gasteiger partial charge in [0.1, 0.15) is 5.52 Å². The van der Waals surface area contributed by atoms with Gasteiger partial charge in [-0.05, 0) is 35.9 Å². The SMILES string of the molecule is CC(=O)NCCNC(=O)c1ccc2nc(Cc3cccc(Cl)c3)oc2c1. The molecule has 3 rings (SSSR count). The summed E-state index contributed by atoms with van der Waals surface area (Å²) < 4.78 is 5.77. The van der Waals surface area contributed by atoms with Gasteiger partial charge in [-0.2, -0.15) is 0 Å². The molecule has 134 valence electrons. The van der Waals surface area contributed by atoms with E-state index in [2.05, 4.69) is 15.6 Å². The number of fused-ring (bicyclic) bond motifs is 1. The topological polar surface area (TPSA) is 84.2 Å². The Balaban J connectivity index is 1.68. The summed E-state index contributed by atoms with van der Waals surface area (Å²) in [6, 6.07) is 12.6. The number of oxazole rings is 1. The van der Waals surface area contributed by atoms with E-state index in [-0.39, 0.29) is 11.8 Å². The van der Waals surface area contributed by atoms with E-state index in [9.17, 15) is 9.59 Å². The Bertz CT molecular complexity index is 952. The second-order valence-corrected chi connectivity index (χ2v) is 6.27. The van der Waals surface area contributed by atoms with Crippen LogP contribution in [0.5, 0.6) is 0 Å². The van der Waals surface area contributed by atoms with Gasteiger partial charge in [0.25, 0.3) is 5.91 Å². The Morgan fingerprint density at radius 3 is 2.69 bits per heavy atom. The molecule has 0 fully saturated rings. The first-order valence-corrected chi connectivity index (χ1v) is 8.55. The van der Waals surface area contributed by atoms with Crippen LogP contribution in [0.1, 0.15) is 28.7 Å². The third-order valence-corrected chi connectivity index (χ3v) is 3.96. The molecular weight excluding hydrogens is 354 g/mol. The summed E-state index contributed by atoms with van der Waals surface area (Å²) in [6.45, 7) is 2.17. The van der Waals surface area contributed by atoms with Crippen LogP contribution in [0.25, 0.3) is 11.1 Å². The predicted molar refractivity (Wildman–Crippen MR) is 99.3 cm³/mol. The average Bonchev–Trinajstić information content (AvgIpc) is 2.99. The fourth-order valence-electron chi connectivity index (χ4n) is 2.53. The van der Waals surface area contributed by atoms with Crippen molar-refractivity contribution in [2.75, 3.05) is 13.1 Å². The van der Waals surface area contributed by atoms with E-state index in [1.165, 1.54) is 6.92 Å². The molecule has 2 aromatic carbocycles. The highest BCUT2D eigenvalue weighted by Crippen LogP contribution is 2.20. The van der Waals surface area contributed by atoms with Gasteiger partial charge in [0.15, 0.2) is 11.5 Å². The molecule has 0 saturated carbocycles. The number of hydrogen-bond acceptors (Lipinski definition) is 4. The van der Waals surface area contributed by atoms with Crippen molar-refractivity contribution < 1.29 is 14.0 Å². The minimum absolute atomic E-state index is 0.130. The molecule has 0 atom stereocenters. The van der Waals surface area contributed by atoms with Crippen molar-refractivity contribution in [1.82, 2.24) is 15.6 Å².